The van der Waals surface area contributed by atoms with Crippen molar-refractivity contribution in [3.8, 4) is 23.1 Å². The summed E-state index contributed by atoms with van der Waals surface area (Å²) in [7, 11) is 7.94. The molecule has 6 aromatic rings. The van der Waals surface area contributed by atoms with E-state index in [1.807, 2.05) is 145 Å². The molecule has 0 bridgehead atoms. The van der Waals surface area contributed by atoms with E-state index in [2.05, 4.69) is 28.4 Å². The molecule has 276 valence electrons. The Morgan fingerprint density at radius 1 is 0.745 bits per heavy atom. The van der Waals surface area contributed by atoms with Gasteiger partial charge in [-0.05, 0) is 104 Å². The van der Waals surface area contributed by atoms with E-state index < -0.39 is 0 Å². The SMILES string of the molecule is C=C1C[C@@H](c2nc3ccc(C#Cc4ccc(-c5cnc([C@@H]6CCCN6C(=O)c6ccc(N(C)C)cc6)[nH]5)cc4)cc3[nH]2)N(C(=O)c2ccc(N(C)C)cc2)C1. The van der Waals surface area contributed by atoms with Crippen LogP contribution < -0.4 is 9.80 Å². The highest BCUT2D eigenvalue weighted by Crippen LogP contribution is 2.36. The largest absolute Gasteiger partial charge is 0.378 e. The molecular weight excluding hydrogens is 685 g/mol. The molecule has 4 heterocycles. The van der Waals surface area contributed by atoms with E-state index in [1.165, 1.54) is 0 Å². The number of carbonyl (C=O) groups is 2. The third-order valence-corrected chi connectivity index (χ3v) is 10.6. The molecule has 55 heavy (non-hydrogen) atoms. The first-order valence-corrected chi connectivity index (χ1v) is 18.6. The van der Waals surface area contributed by atoms with Crippen LogP contribution in [0.3, 0.4) is 0 Å². The fourth-order valence-corrected chi connectivity index (χ4v) is 7.48. The van der Waals surface area contributed by atoms with Gasteiger partial charge in [0.25, 0.3) is 11.8 Å². The van der Waals surface area contributed by atoms with Gasteiger partial charge < -0.3 is 29.6 Å². The number of hydrogen-bond donors (Lipinski definition) is 2. The molecule has 0 spiro atoms. The minimum absolute atomic E-state index is 0.0295. The van der Waals surface area contributed by atoms with Crippen molar-refractivity contribution in [1.29, 1.82) is 0 Å². The molecule has 8 rings (SSSR count). The number of amides is 2. The lowest BCUT2D eigenvalue weighted by Crippen LogP contribution is -2.31. The summed E-state index contributed by atoms with van der Waals surface area (Å²) in [6, 6.07) is 29.2. The van der Waals surface area contributed by atoms with Gasteiger partial charge in [0.1, 0.15) is 11.6 Å². The summed E-state index contributed by atoms with van der Waals surface area (Å²) in [6.07, 6.45) is 4.31. The highest BCUT2D eigenvalue weighted by molar-refractivity contribution is 5.96. The molecule has 10 heteroatoms. The topological polar surface area (TPSA) is 104 Å². The third kappa shape index (κ3) is 7.21. The van der Waals surface area contributed by atoms with Crippen molar-refractivity contribution in [1.82, 2.24) is 29.7 Å². The van der Waals surface area contributed by atoms with Gasteiger partial charge in [-0.25, -0.2) is 9.97 Å². The number of fused-ring (bicyclic) bond motifs is 1. The van der Waals surface area contributed by atoms with Crippen molar-refractivity contribution in [3.05, 3.63) is 143 Å². The molecular formula is C45H44N8O2. The van der Waals surface area contributed by atoms with Crippen molar-refractivity contribution >= 4 is 34.2 Å². The number of rotatable bonds is 7. The first-order valence-electron chi connectivity index (χ1n) is 18.6. The van der Waals surface area contributed by atoms with E-state index in [9.17, 15) is 9.59 Å². The normalized spacial score (nSPS) is 16.7. The number of anilines is 2. The number of hydrogen-bond acceptors (Lipinski definition) is 6. The highest BCUT2D eigenvalue weighted by Gasteiger charge is 2.35. The van der Waals surface area contributed by atoms with Crippen LogP contribution in [-0.2, 0) is 0 Å². The molecule has 10 nitrogen and oxygen atoms in total. The van der Waals surface area contributed by atoms with Gasteiger partial charge in [0.2, 0.25) is 0 Å². The van der Waals surface area contributed by atoms with Gasteiger partial charge in [-0.1, -0.05) is 36.1 Å². The van der Waals surface area contributed by atoms with Crippen LogP contribution in [0.5, 0.6) is 0 Å². The molecule has 2 aromatic heterocycles. The fraction of sp³-hybridized carbons (Fsp3) is 0.244. The van der Waals surface area contributed by atoms with Gasteiger partial charge in [-0.2, -0.15) is 0 Å². The summed E-state index contributed by atoms with van der Waals surface area (Å²) in [6.45, 7) is 5.41. The smallest absolute Gasteiger partial charge is 0.254 e. The third-order valence-electron chi connectivity index (χ3n) is 10.6. The maximum Gasteiger partial charge on any atom is 0.254 e. The molecule has 2 aliphatic heterocycles. The average Bonchev–Trinajstić information content (AvgIpc) is 4.03. The molecule has 2 amide bonds. The van der Waals surface area contributed by atoms with E-state index in [0.29, 0.717) is 30.6 Å². The predicted octanol–water partition coefficient (Wildman–Crippen LogP) is 7.61. The number of carbonyl (C=O) groups excluding carboxylic acids is 2. The van der Waals surface area contributed by atoms with E-state index in [0.717, 1.165) is 74.9 Å². The fourth-order valence-electron chi connectivity index (χ4n) is 7.48. The number of nitrogens with zero attached hydrogens (tertiary/aromatic N) is 6. The minimum atomic E-state index is -0.217. The Hall–Kier alpha value is -6.60. The second-order valence-corrected chi connectivity index (χ2v) is 14.8. The van der Waals surface area contributed by atoms with E-state index in [1.54, 1.807) is 0 Å². The standard InChI is InChI=1S/C45H44N8O2/c1-29-25-41(53(28-29)45(55)34-17-21-36(22-18-34)51(4)5)43-47-37-23-12-31(26-38(37)48-43)9-8-30-10-13-32(14-11-30)39-27-46-42(49-39)40-7-6-24-52(40)44(54)33-15-19-35(20-16-33)50(2)3/h10-23,26-27,40-41H,1,6-7,24-25,28H2,2-5H3,(H,46,49)(H,47,48)/t40-,41-/m0/s1. The Balaban J connectivity index is 0.938. The molecule has 2 N–H and O–H groups in total. The monoisotopic (exact) mass is 728 g/mol. The zero-order valence-corrected chi connectivity index (χ0v) is 31.6. The Morgan fingerprint density at radius 2 is 1.36 bits per heavy atom. The lowest BCUT2D eigenvalue weighted by Gasteiger charge is -2.23. The van der Waals surface area contributed by atoms with E-state index in [-0.39, 0.29) is 23.9 Å². The predicted molar refractivity (Wildman–Crippen MR) is 218 cm³/mol. The van der Waals surface area contributed by atoms with Crippen LogP contribution in [0.1, 0.15) is 74.8 Å². The minimum Gasteiger partial charge on any atom is -0.378 e. The maximum atomic E-state index is 13.6. The van der Waals surface area contributed by atoms with E-state index >= 15 is 0 Å². The summed E-state index contributed by atoms with van der Waals surface area (Å²) in [5.74, 6) is 8.14. The number of H-pyrrole nitrogens is 2. The number of aromatic nitrogens is 4. The number of likely N-dealkylation sites (tertiary alicyclic amines) is 2. The molecule has 2 aliphatic rings. The molecule has 0 saturated carbocycles. The quantitative estimate of drug-likeness (QED) is 0.130. The van der Waals surface area contributed by atoms with Crippen LogP contribution in [0, 0.1) is 11.8 Å². The van der Waals surface area contributed by atoms with Crippen molar-refractivity contribution in [2.24, 2.45) is 0 Å². The first-order chi connectivity index (χ1) is 26.6. The Morgan fingerprint density at radius 3 is 2.02 bits per heavy atom. The molecule has 2 atom stereocenters. The van der Waals surface area contributed by atoms with Crippen molar-refractivity contribution < 1.29 is 9.59 Å². The lowest BCUT2D eigenvalue weighted by molar-refractivity contribution is 0.0724. The summed E-state index contributed by atoms with van der Waals surface area (Å²) in [5, 5.41) is 0. The molecule has 4 aromatic carbocycles. The summed E-state index contributed by atoms with van der Waals surface area (Å²) in [4.78, 5) is 51.4. The Kier molecular flexibility index (Phi) is 9.45. The second kappa shape index (κ2) is 14.7. The first kappa shape index (κ1) is 35.4. The van der Waals surface area contributed by atoms with Gasteiger partial charge >= 0.3 is 0 Å². The van der Waals surface area contributed by atoms with Crippen LogP contribution in [0.15, 0.2) is 109 Å². The number of imidazole rings is 2. The van der Waals surface area contributed by atoms with Crippen LogP contribution >= 0.6 is 0 Å². The molecule has 0 radical (unpaired) electrons. The van der Waals surface area contributed by atoms with Crippen LogP contribution in [0.4, 0.5) is 11.4 Å². The van der Waals surface area contributed by atoms with Crippen molar-refractivity contribution in [2.75, 3.05) is 51.1 Å². The zero-order valence-electron chi connectivity index (χ0n) is 31.6. The van der Waals surface area contributed by atoms with Crippen LogP contribution in [0.25, 0.3) is 22.3 Å². The molecule has 0 unspecified atom stereocenters. The Bertz CT molecular complexity index is 2450. The number of benzene rings is 4. The number of nitrogens with one attached hydrogen (secondary N) is 2. The van der Waals surface area contributed by atoms with Crippen LogP contribution in [-0.4, -0.2) is 82.8 Å². The summed E-state index contributed by atoms with van der Waals surface area (Å²) >= 11 is 0. The number of aromatic amines is 2. The van der Waals surface area contributed by atoms with Crippen molar-refractivity contribution in [3.63, 3.8) is 0 Å². The van der Waals surface area contributed by atoms with Gasteiger partial charge in [0.05, 0.1) is 35.0 Å². The maximum absolute atomic E-state index is 13.6. The molecule has 0 aliphatic carbocycles. The van der Waals surface area contributed by atoms with E-state index in [4.69, 9.17) is 9.97 Å². The van der Waals surface area contributed by atoms with Gasteiger partial charge in [0.15, 0.2) is 0 Å². The van der Waals surface area contributed by atoms with Crippen LogP contribution in [0.2, 0.25) is 0 Å². The van der Waals surface area contributed by atoms with Crippen molar-refractivity contribution in [2.45, 2.75) is 31.3 Å². The Labute approximate surface area is 321 Å². The summed E-state index contributed by atoms with van der Waals surface area (Å²) < 4.78 is 0. The molecule has 2 fully saturated rings. The van der Waals surface area contributed by atoms with Gasteiger partial charge in [-0.3, -0.25) is 9.59 Å². The second-order valence-electron chi connectivity index (χ2n) is 14.8. The van der Waals surface area contributed by atoms with Gasteiger partial charge in [0, 0.05) is 74.9 Å². The molecule has 2 saturated heterocycles. The zero-order chi connectivity index (χ0) is 38.2. The highest BCUT2D eigenvalue weighted by atomic mass is 16.2. The average molecular weight is 729 g/mol. The lowest BCUT2D eigenvalue weighted by atomic mass is 10.1. The van der Waals surface area contributed by atoms with Gasteiger partial charge in [-0.15, -0.1) is 0 Å². The summed E-state index contributed by atoms with van der Waals surface area (Å²) in [5.41, 5.74) is 9.79.